The SMILES string of the molecule is NCCN1C(=O)C2(CCCC2)c2ccc(F)cc21. The second-order valence-electron chi connectivity index (χ2n) is 5.20. The number of nitrogens with two attached hydrogens (primary N) is 1. The van der Waals surface area contributed by atoms with Crippen molar-refractivity contribution < 1.29 is 9.18 Å². The van der Waals surface area contributed by atoms with Crippen molar-refractivity contribution in [2.24, 2.45) is 5.73 Å². The Bertz CT molecular complexity index is 495. The summed E-state index contributed by atoms with van der Waals surface area (Å²) in [6.07, 6.45) is 3.90. The summed E-state index contributed by atoms with van der Waals surface area (Å²) in [5.74, 6) is -0.176. The van der Waals surface area contributed by atoms with Crippen molar-refractivity contribution in [3.8, 4) is 0 Å². The van der Waals surface area contributed by atoms with Gasteiger partial charge in [-0.25, -0.2) is 4.39 Å². The van der Waals surface area contributed by atoms with Crippen LogP contribution in [0.4, 0.5) is 10.1 Å². The number of rotatable bonds is 2. The van der Waals surface area contributed by atoms with Crippen LogP contribution in [0.1, 0.15) is 31.2 Å². The third-order valence-corrected chi connectivity index (χ3v) is 4.23. The first-order chi connectivity index (χ1) is 8.69. The molecule has 1 spiro atoms. The van der Waals surface area contributed by atoms with Gasteiger partial charge in [0.25, 0.3) is 0 Å². The molecule has 3 nitrogen and oxygen atoms in total. The van der Waals surface area contributed by atoms with Gasteiger partial charge in [0, 0.05) is 13.1 Å². The zero-order chi connectivity index (χ0) is 12.8. The van der Waals surface area contributed by atoms with Crippen LogP contribution in [0.15, 0.2) is 18.2 Å². The molecule has 1 amide bonds. The highest BCUT2D eigenvalue weighted by atomic mass is 19.1. The number of nitrogens with zero attached hydrogens (tertiary/aromatic N) is 1. The molecule has 1 aliphatic heterocycles. The van der Waals surface area contributed by atoms with Gasteiger partial charge in [-0.15, -0.1) is 0 Å². The van der Waals surface area contributed by atoms with Gasteiger partial charge in [0.15, 0.2) is 0 Å². The minimum atomic E-state index is -0.391. The van der Waals surface area contributed by atoms with E-state index in [0.717, 1.165) is 36.9 Å². The molecule has 1 aliphatic carbocycles. The van der Waals surface area contributed by atoms with E-state index < -0.39 is 5.41 Å². The fourth-order valence-electron chi connectivity index (χ4n) is 3.43. The minimum Gasteiger partial charge on any atom is -0.329 e. The van der Waals surface area contributed by atoms with E-state index in [-0.39, 0.29) is 11.7 Å². The molecule has 0 saturated heterocycles. The lowest BCUT2D eigenvalue weighted by atomic mass is 9.80. The molecule has 1 fully saturated rings. The molecule has 0 radical (unpaired) electrons. The van der Waals surface area contributed by atoms with Crippen LogP contribution in [0.5, 0.6) is 0 Å². The van der Waals surface area contributed by atoms with E-state index in [1.54, 1.807) is 11.0 Å². The van der Waals surface area contributed by atoms with Crippen molar-refractivity contribution in [2.75, 3.05) is 18.0 Å². The quantitative estimate of drug-likeness (QED) is 0.869. The number of hydrogen-bond acceptors (Lipinski definition) is 2. The highest BCUT2D eigenvalue weighted by molar-refractivity contribution is 6.08. The molecule has 2 aliphatic rings. The maximum absolute atomic E-state index is 13.4. The van der Waals surface area contributed by atoms with Crippen LogP contribution in [-0.2, 0) is 10.2 Å². The second-order valence-corrected chi connectivity index (χ2v) is 5.20. The Morgan fingerprint density at radius 2 is 2.06 bits per heavy atom. The fourth-order valence-corrected chi connectivity index (χ4v) is 3.43. The molecule has 0 unspecified atom stereocenters. The summed E-state index contributed by atoms with van der Waals surface area (Å²) in [6.45, 7) is 0.870. The van der Waals surface area contributed by atoms with Gasteiger partial charge in [-0.1, -0.05) is 18.9 Å². The van der Waals surface area contributed by atoms with Crippen molar-refractivity contribution in [1.82, 2.24) is 0 Å². The summed E-state index contributed by atoms with van der Waals surface area (Å²) < 4.78 is 13.4. The standard InChI is InChI=1S/C14H17FN2O/c15-10-3-4-11-12(9-10)17(8-7-16)13(18)14(11)5-1-2-6-14/h3-4,9H,1-2,5-8,16H2. The monoisotopic (exact) mass is 248 g/mol. The number of amides is 1. The summed E-state index contributed by atoms with van der Waals surface area (Å²) in [6, 6.07) is 4.71. The zero-order valence-electron chi connectivity index (χ0n) is 10.3. The molecule has 0 bridgehead atoms. The van der Waals surface area contributed by atoms with Crippen LogP contribution < -0.4 is 10.6 Å². The maximum atomic E-state index is 13.4. The predicted molar refractivity (Wildman–Crippen MR) is 68.0 cm³/mol. The molecule has 4 heteroatoms. The van der Waals surface area contributed by atoms with Crippen molar-refractivity contribution in [2.45, 2.75) is 31.1 Å². The Balaban J connectivity index is 2.14. The molecule has 3 rings (SSSR count). The first kappa shape index (κ1) is 11.7. The lowest BCUT2D eigenvalue weighted by Crippen LogP contribution is -2.40. The van der Waals surface area contributed by atoms with E-state index in [4.69, 9.17) is 5.73 Å². The van der Waals surface area contributed by atoms with Crippen molar-refractivity contribution in [3.63, 3.8) is 0 Å². The Morgan fingerprint density at radius 1 is 1.33 bits per heavy atom. The number of carbonyl (C=O) groups excluding carboxylic acids is 1. The van der Waals surface area contributed by atoms with Crippen molar-refractivity contribution in [3.05, 3.63) is 29.6 Å². The van der Waals surface area contributed by atoms with Crippen LogP contribution >= 0.6 is 0 Å². The first-order valence-electron chi connectivity index (χ1n) is 6.51. The first-order valence-corrected chi connectivity index (χ1v) is 6.51. The minimum absolute atomic E-state index is 0.117. The molecule has 0 aromatic heterocycles. The number of anilines is 1. The van der Waals surface area contributed by atoms with E-state index in [9.17, 15) is 9.18 Å². The molecule has 2 N–H and O–H groups in total. The molecule has 1 saturated carbocycles. The van der Waals surface area contributed by atoms with Gasteiger partial charge in [0.05, 0.1) is 11.1 Å². The number of hydrogen-bond donors (Lipinski definition) is 1. The average molecular weight is 248 g/mol. The predicted octanol–water partition coefficient (Wildman–Crippen LogP) is 1.94. The van der Waals surface area contributed by atoms with Crippen LogP contribution in [0.25, 0.3) is 0 Å². The second kappa shape index (κ2) is 4.05. The van der Waals surface area contributed by atoms with Gasteiger partial charge in [-0.3, -0.25) is 4.79 Å². The Morgan fingerprint density at radius 3 is 2.72 bits per heavy atom. The van der Waals surface area contributed by atoms with Crippen molar-refractivity contribution >= 4 is 11.6 Å². The van der Waals surface area contributed by atoms with E-state index in [1.165, 1.54) is 12.1 Å². The Labute approximate surface area is 106 Å². The molecule has 1 aromatic rings. The van der Waals surface area contributed by atoms with Crippen LogP contribution in [-0.4, -0.2) is 19.0 Å². The van der Waals surface area contributed by atoms with Crippen LogP contribution in [0.2, 0.25) is 0 Å². The summed E-state index contributed by atoms with van der Waals surface area (Å²) in [7, 11) is 0. The Hall–Kier alpha value is -1.42. The highest BCUT2D eigenvalue weighted by Gasteiger charge is 2.51. The van der Waals surface area contributed by atoms with Gasteiger partial charge in [0.1, 0.15) is 5.82 Å². The summed E-state index contributed by atoms with van der Waals surface area (Å²) in [4.78, 5) is 14.3. The van der Waals surface area contributed by atoms with Gasteiger partial charge >= 0.3 is 0 Å². The summed E-state index contributed by atoms with van der Waals surface area (Å²) in [5, 5.41) is 0. The smallest absolute Gasteiger partial charge is 0.237 e. The summed E-state index contributed by atoms with van der Waals surface area (Å²) >= 11 is 0. The van der Waals surface area contributed by atoms with Crippen LogP contribution in [0, 0.1) is 5.82 Å². The molecule has 96 valence electrons. The molecule has 1 aromatic carbocycles. The largest absolute Gasteiger partial charge is 0.329 e. The van der Waals surface area contributed by atoms with E-state index in [1.807, 2.05) is 0 Å². The third kappa shape index (κ3) is 1.42. The topological polar surface area (TPSA) is 46.3 Å². The number of fused-ring (bicyclic) bond motifs is 2. The summed E-state index contributed by atoms with van der Waals surface area (Å²) in [5.41, 5.74) is 6.90. The van der Waals surface area contributed by atoms with E-state index in [2.05, 4.69) is 0 Å². The number of carbonyl (C=O) groups is 1. The molecular weight excluding hydrogens is 231 g/mol. The molecular formula is C14H17FN2O. The molecule has 1 heterocycles. The lowest BCUT2D eigenvalue weighted by Gasteiger charge is -2.23. The van der Waals surface area contributed by atoms with Gasteiger partial charge in [-0.05, 0) is 30.5 Å². The number of halogens is 1. The van der Waals surface area contributed by atoms with E-state index in [0.29, 0.717) is 13.1 Å². The van der Waals surface area contributed by atoms with Gasteiger partial charge < -0.3 is 10.6 Å². The van der Waals surface area contributed by atoms with E-state index >= 15 is 0 Å². The average Bonchev–Trinajstić information content (AvgIpc) is 2.92. The lowest BCUT2D eigenvalue weighted by molar-refractivity contribution is -0.123. The van der Waals surface area contributed by atoms with Gasteiger partial charge in [-0.2, -0.15) is 0 Å². The van der Waals surface area contributed by atoms with Gasteiger partial charge in [0.2, 0.25) is 5.91 Å². The molecule has 18 heavy (non-hydrogen) atoms. The van der Waals surface area contributed by atoms with Crippen LogP contribution in [0.3, 0.4) is 0 Å². The van der Waals surface area contributed by atoms with Crippen molar-refractivity contribution in [1.29, 1.82) is 0 Å². The highest BCUT2D eigenvalue weighted by Crippen LogP contribution is 2.51. The normalized spacial score (nSPS) is 20.8. The number of benzene rings is 1. The Kier molecular flexibility index (Phi) is 2.63. The zero-order valence-corrected chi connectivity index (χ0v) is 10.3. The maximum Gasteiger partial charge on any atom is 0.237 e. The fraction of sp³-hybridized carbons (Fsp3) is 0.500. The third-order valence-electron chi connectivity index (χ3n) is 4.23. The molecule has 0 atom stereocenters.